The van der Waals surface area contributed by atoms with Gasteiger partial charge in [-0.15, -0.1) is 0 Å². The van der Waals surface area contributed by atoms with Crippen LogP contribution in [-0.2, 0) is 10.8 Å². The summed E-state index contributed by atoms with van der Waals surface area (Å²) >= 11 is 0. The van der Waals surface area contributed by atoms with E-state index < -0.39 is 0 Å². The van der Waals surface area contributed by atoms with Gasteiger partial charge in [0.1, 0.15) is 24.0 Å². The molecule has 0 amide bonds. The molecule has 0 aliphatic carbocycles. The Balaban J connectivity index is 1.16. The van der Waals surface area contributed by atoms with Crippen molar-refractivity contribution in [2.24, 2.45) is 5.41 Å². The van der Waals surface area contributed by atoms with E-state index in [-0.39, 0.29) is 16.2 Å². The van der Waals surface area contributed by atoms with Crippen molar-refractivity contribution >= 4 is 44.6 Å². The molecule has 0 spiro atoms. The summed E-state index contributed by atoms with van der Waals surface area (Å²) in [5.74, 6) is 2.48. The highest BCUT2D eigenvalue weighted by atomic mass is 16.5. The van der Waals surface area contributed by atoms with Gasteiger partial charge in [0.05, 0.1) is 22.4 Å². The minimum absolute atomic E-state index is 0.00443. The smallest absolute Gasteiger partial charge is 0.137 e. The van der Waals surface area contributed by atoms with Crippen LogP contribution in [0.4, 0.5) is 22.7 Å². The largest absolute Gasteiger partial charge is 0.457 e. The molecule has 274 valence electrons. The summed E-state index contributed by atoms with van der Waals surface area (Å²) in [6.07, 6.45) is 1.92. The van der Waals surface area contributed by atoms with Gasteiger partial charge in [0.25, 0.3) is 0 Å². The number of rotatable bonds is 6. The number of fused-ring (bicyclic) bond motifs is 4. The molecule has 0 saturated carbocycles. The summed E-state index contributed by atoms with van der Waals surface area (Å²) in [7, 11) is 0. The molecule has 1 aliphatic rings. The van der Waals surface area contributed by atoms with Crippen molar-refractivity contribution in [3.63, 3.8) is 0 Å². The summed E-state index contributed by atoms with van der Waals surface area (Å²) in [6.45, 7) is 23.5. The number of aromatic nitrogens is 2. The molecule has 7 aromatic rings. The van der Waals surface area contributed by atoms with E-state index in [2.05, 4.69) is 193 Å². The molecule has 8 rings (SSSR count). The van der Waals surface area contributed by atoms with Gasteiger partial charge in [-0.2, -0.15) is 0 Å². The SMILES string of the molecule is Cc1cc2c(cc1C)N(c1cccc(C(C)(C)C(C)(C)C)c1)CN2c1cccc(Oc2ccc3c4ccccc4n(-c4cc(C(C)(C)C)ccn4)c3c2)c1. The molecule has 0 N–H and O–H groups in total. The van der Waals surface area contributed by atoms with Crippen LogP contribution in [0.2, 0.25) is 0 Å². The van der Waals surface area contributed by atoms with E-state index in [0.29, 0.717) is 6.67 Å². The predicted octanol–water partition coefficient (Wildman–Crippen LogP) is 13.5. The van der Waals surface area contributed by atoms with Crippen LogP contribution in [0.3, 0.4) is 0 Å². The van der Waals surface area contributed by atoms with Gasteiger partial charge in [0, 0.05) is 40.5 Å². The Kier molecular flexibility index (Phi) is 8.41. The third-order valence-corrected chi connectivity index (χ3v) is 12.1. The third-order valence-electron chi connectivity index (χ3n) is 12.1. The summed E-state index contributed by atoms with van der Waals surface area (Å²) < 4.78 is 8.97. The quantitative estimate of drug-likeness (QED) is 0.172. The van der Waals surface area contributed by atoms with Crippen molar-refractivity contribution in [3.05, 3.63) is 144 Å². The van der Waals surface area contributed by atoms with Crippen molar-refractivity contribution < 1.29 is 4.74 Å². The van der Waals surface area contributed by atoms with Crippen molar-refractivity contribution in [3.8, 4) is 17.3 Å². The van der Waals surface area contributed by atoms with Crippen molar-refractivity contribution in [1.29, 1.82) is 0 Å². The predicted molar refractivity (Wildman–Crippen MR) is 228 cm³/mol. The number of ether oxygens (including phenoxy) is 1. The van der Waals surface area contributed by atoms with Gasteiger partial charge in [-0.05, 0) is 119 Å². The van der Waals surface area contributed by atoms with E-state index in [1.807, 2.05) is 12.3 Å². The second-order valence-corrected chi connectivity index (χ2v) is 17.6. The first-order valence-electron chi connectivity index (χ1n) is 19.1. The van der Waals surface area contributed by atoms with E-state index in [1.54, 1.807) is 0 Å². The highest BCUT2D eigenvalue weighted by Crippen LogP contribution is 2.48. The van der Waals surface area contributed by atoms with Crippen LogP contribution in [0, 0.1) is 19.3 Å². The lowest BCUT2D eigenvalue weighted by atomic mass is 9.65. The first-order chi connectivity index (χ1) is 25.6. The molecular weight excluding hydrogens is 661 g/mol. The van der Waals surface area contributed by atoms with Gasteiger partial charge in [0.15, 0.2) is 0 Å². The minimum Gasteiger partial charge on any atom is -0.457 e. The monoisotopic (exact) mass is 712 g/mol. The van der Waals surface area contributed by atoms with E-state index >= 15 is 0 Å². The number of hydrogen-bond acceptors (Lipinski definition) is 4. The van der Waals surface area contributed by atoms with Gasteiger partial charge in [0.2, 0.25) is 0 Å². The van der Waals surface area contributed by atoms with Crippen LogP contribution < -0.4 is 14.5 Å². The first-order valence-corrected chi connectivity index (χ1v) is 19.1. The lowest BCUT2D eigenvalue weighted by Crippen LogP contribution is -2.34. The average molecular weight is 713 g/mol. The van der Waals surface area contributed by atoms with E-state index in [4.69, 9.17) is 9.72 Å². The maximum atomic E-state index is 6.70. The molecular formula is C49H52N4O. The second-order valence-electron chi connectivity index (χ2n) is 17.6. The fraction of sp³-hybridized carbons (Fsp3) is 0.286. The molecule has 54 heavy (non-hydrogen) atoms. The molecule has 1 aliphatic heterocycles. The number of benzene rings is 5. The van der Waals surface area contributed by atoms with Gasteiger partial charge >= 0.3 is 0 Å². The maximum Gasteiger partial charge on any atom is 0.137 e. The molecule has 0 fully saturated rings. The van der Waals surface area contributed by atoms with E-state index in [0.717, 1.165) is 34.0 Å². The van der Waals surface area contributed by atoms with Gasteiger partial charge < -0.3 is 14.5 Å². The highest BCUT2D eigenvalue weighted by Gasteiger charge is 2.36. The Morgan fingerprint density at radius 2 is 1.19 bits per heavy atom. The number of anilines is 4. The van der Waals surface area contributed by atoms with Gasteiger partial charge in [-0.1, -0.05) is 91.8 Å². The fourth-order valence-electron chi connectivity index (χ4n) is 7.57. The van der Waals surface area contributed by atoms with Crippen LogP contribution in [0.1, 0.15) is 77.6 Å². The number of hydrogen-bond donors (Lipinski definition) is 0. The zero-order valence-electron chi connectivity index (χ0n) is 33.5. The van der Waals surface area contributed by atoms with E-state index in [1.165, 1.54) is 50.1 Å². The number of para-hydroxylation sites is 1. The average Bonchev–Trinajstić information content (AvgIpc) is 3.66. The topological polar surface area (TPSA) is 33.5 Å². The minimum atomic E-state index is 0.00443. The van der Waals surface area contributed by atoms with Crippen molar-refractivity contribution in [1.82, 2.24) is 9.55 Å². The highest BCUT2D eigenvalue weighted by molar-refractivity contribution is 6.09. The lowest BCUT2D eigenvalue weighted by molar-refractivity contribution is 0.225. The Morgan fingerprint density at radius 1 is 0.556 bits per heavy atom. The second kappa shape index (κ2) is 12.8. The van der Waals surface area contributed by atoms with Crippen LogP contribution >= 0.6 is 0 Å². The van der Waals surface area contributed by atoms with E-state index in [9.17, 15) is 0 Å². The molecule has 5 nitrogen and oxygen atoms in total. The number of nitrogens with zero attached hydrogens (tertiary/aromatic N) is 4. The third kappa shape index (κ3) is 6.10. The molecule has 0 saturated heterocycles. The number of pyridine rings is 1. The zero-order chi connectivity index (χ0) is 38.2. The van der Waals surface area contributed by atoms with Crippen molar-refractivity contribution in [2.45, 2.75) is 80.1 Å². The summed E-state index contributed by atoms with van der Waals surface area (Å²) in [4.78, 5) is 9.72. The standard InChI is InChI=1S/C49H52N4O/c1-32-25-44-45(26-33(32)2)52(31-51(44)36-16-13-15-35(27-36)49(9,10)48(6,7)8)37-17-14-18-38(29-37)54-39-21-22-41-40-19-11-12-20-42(40)53(43(41)30-39)46-28-34(23-24-50-46)47(3,4)5/h11-30H,31H2,1-10H3. The Labute approximate surface area is 320 Å². The Bertz CT molecular complexity index is 2540. The molecule has 0 atom stereocenters. The fourth-order valence-corrected chi connectivity index (χ4v) is 7.57. The summed E-state index contributed by atoms with van der Waals surface area (Å²) in [6, 6.07) is 41.6. The molecule has 2 aromatic heterocycles. The zero-order valence-corrected chi connectivity index (χ0v) is 33.5. The lowest BCUT2D eigenvalue weighted by Gasteiger charge is -2.40. The molecule has 5 heteroatoms. The Morgan fingerprint density at radius 3 is 1.87 bits per heavy atom. The molecule has 5 aromatic carbocycles. The van der Waals surface area contributed by atoms with Crippen LogP contribution in [0.5, 0.6) is 11.5 Å². The summed E-state index contributed by atoms with van der Waals surface area (Å²) in [5, 5.41) is 2.36. The van der Waals surface area contributed by atoms with Gasteiger partial charge in [-0.3, -0.25) is 4.57 Å². The number of aryl methyl sites for hydroxylation is 2. The molecule has 3 heterocycles. The maximum absolute atomic E-state index is 6.70. The van der Waals surface area contributed by atoms with Crippen molar-refractivity contribution in [2.75, 3.05) is 16.5 Å². The molecule has 0 bridgehead atoms. The van der Waals surface area contributed by atoms with Crippen LogP contribution in [-0.4, -0.2) is 16.2 Å². The Hall–Kier alpha value is -5.55. The normalized spacial score (nSPS) is 13.6. The van der Waals surface area contributed by atoms with Crippen LogP contribution in [0.25, 0.3) is 27.6 Å². The molecule has 0 radical (unpaired) electrons. The van der Waals surface area contributed by atoms with Crippen LogP contribution in [0.15, 0.2) is 121 Å². The summed E-state index contributed by atoms with van der Waals surface area (Å²) in [5.41, 5.74) is 12.2. The first kappa shape index (κ1) is 35.5. The van der Waals surface area contributed by atoms with Gasteiger partial charge in [-0.25, -0.2) is 4.98 Å². The molecule has 0 unspecified atom stereocenters.